The molecule has 1 unspecified atom stereocenters. The smallest absolute Gasteiger partial charge is 0.222 e. The molecule has 3 nitrogen and oxygen atoms in total. The third kappa shape index (κ3) is 3.14. The molecule has 0 spiro atoms. The summed E-state index contributed by atoms with van der Waals surface area (Å²) in [5.41, 5.74) is 0. The van der Waals surface area contributed by atoms with E-state index in [1.165, 1.54) is 0 Å². The van der Waals surface area contributed by atoms with Crippen LogP contribution in [0.2, 0.25) is 0 Å². The van der Waals surface area contributed by atoms with Gasteiger partial charge in [0, 0.05) is 31.4 Å². The molecule has 1 atom stereocenters. The normalized spacial score (nSPS) is 22.0. The molecule has 14 heavy (non-hydrogen) atoms. The summed E-state index contributed by atoms with van der Waals surface area (Å²) in [5, 5.41) is 0. The van der Waals surface area contributed by atoms with E-state index < -0.39 is 0 Å². The van der Waals surface area contributed by atoms with Gasteiger partial charge in [0.2, 0.25) is 5.91 Å². The largest absolute Gasteiger partial charge is 0.341 e. The Hall–Kier alpha value is -0.280. The van der Waals surface area contributed by atoms with Gasteiger partial charge in [-0.1, -0.05) is 0 Å². The van der Waals surface area contributed by atoms with Crippen molar-refractivity contribution in [2.75, 3.05) is 33.1 Å². The molecule has 0 N–H and O–H groups in total. The summed E-state index contributed by atoms with van der Waals surface area (Å²) in [5.74, 6) is 0.839. The Bertz CT molecular complexity index is 197. The molecular weight excluding hydrogens is 200 g/mol. The highest BCUT2D eigenvalue weighted by molar-refractivity contribution is 6.17. The molecule has 1 amide bonds. The maximum absolute atomic E-state index is 11.6. The van der Waals surface area contributed by atoms with E-state index in [9.17, 15) is 4.79 Å². The minimum absolute atomic E-state index is 0.259. The van der Waals surface area contributed by atoms with Gasteiger partial charge in [-0.15, -0.1) is 11.6 Å². The van der Waals surface area contributed by atoms with Gasteiger partial charge in [0.1, 0.15) is 0 Å². The van der Waals surface area contributed by atoms with Crippen molar-refractivity contribution >= 4 is 17.5 Å². The Morgan fingerprint density at radius 2 is 2.29 bits per heavy atom. The molecular formula is C10H19ClN2O. The number of carbonyl (C=O) groups excluding carboxylic acids is 1. The second-order valence-corrected chi connectivity index (χ2v) is 4.42. The molecule has 4 heteroatoms. The van der Waals surface area contributed by atoms with Crippen LogP contribution in [0.15, 0.2) is 0 Å². The monoisotopic (exact) mass is 218 g/mol. The maximum Gasteiger partial charge on any atom is 0.222 e. The minimum Gasteiger partial charge on any atom is -0.341 e. The summed E-state index contributed by atoms with van der Waals surface area (Å²) in [7, 11) is 4.13. The predicted molar refractivity (Wildman–Crippen MR) is 58.6 cm³/mol. The van der Waals surface area contributed by atoms with Crippen molar-refractivity contribution in [2.24, 2.45) is 0 Å². The quantitative estimate of drug-likeness (QED) is 0.662. The number of alkyl halides is 1. The van der Waals surface area contributed by atoms with E-state index in [-0.39, 0.29) is 5.91 Å². The topological polar surface area (TPSA) is 23.6 Å². The zero-order valence-electron chi connectivity index (χ0n) is 9.00. The Labute approximate surface area is 91.0 Å². The van der Waals surface area contributed by atoms with Crippen LogP contribution in [0.1, 0.15) is 19.3 Å². The Morgan fingerprint density at radius 3 is 2.79 bits per heavy atom. The molecule has 0 aromatic rings. The number of amides is 1. The number of halogens is 1. The molecule has 1 saturated heterocycles. The number of likely N-dealkylation sites (N-methyl/N-ethyl adjacent to an activating group) is 1. The third-order valence-electron chi connectivity index (χ3n) is 2.77. The molecule has 1 fully saturated rings. The summed E-state index contributed by atoms with van der Waals surface area (Å²) >= 11 is 5.55. The van der Waals surface area contributed by atoms with E-state index >= 15 is 0 Å². The molecule has 0 saturated carbocycles. The van der Waals surface area contributed by atoms with E-state index in [0.29, 0.717) is 18.3 Å². The van der Waals surface area contributed by atoms with Gasteiger partial charge >= 0.3 is 0 Å². The fraction of sp³-hybridized carbons (Fsp3) is 0.900. The zero-order valence-corrected chi connectivity index (χ0v) is 9.76. The van der Waals surface area contributed by atoms with Gasteiger partial charge in [0.05, 0.1) is 0 Å². The van der Waals surface area contributed by atoms with Crippen molar-refractivity contribution < 1.29 is 4.79 Å². The minimum atomic E-state index is 0.259. The highest BCUT2D eigenvalue weighted by Gasteiger charge is 2.26. The van der Waals surface area contributed by atoms with Gasteiger partial charge in [-0.25, -0.2) is 0 Å². The van der Waals surface area contributed by atoms with Crippen molar-refractivity contribution in [1.29, 1.82) is 0 Å². The van der Waals surface area contributed by atoms with Crippen LogP contribution in [0, 0.1) is 0 Å². The van der Waals surface area contributed by atoms with Crippen molar-refractivity contribution in [3.05, 3.63) is 0 Å². The average Bonchev–Trinajstić information content (AvgIpc) is 2.62. The van der Waals surface area contributed by atoms with Gasteiger partial charge in [-0.3, -0.25) is 4.79 Å². The summed E-state index contributed by atoms with van der Waals surface area (Å²) in [6.07, 6.45) is 2.49. The highest BCUT2D eigenvalue weighted by Crippen LogP contribution is 2.14. The van der Waals surface area contributed by atoms with E-state index in [1.807, 2.05) is 4.90 Å². The second kappa shape index (κ2) is 5.56. The lowest BCUT2D eigenvalue weighted by Gasteiger charge is -2.20. The first-order valence-corrected chi connectivity index (χ1v) is 5.68. The van der Waals surface area contributed by atoms with Crippen molar-refractivity contribution in [3.8, 4) is 0 Å². The first-order valence-electron chi connectivity index (χ1n) is 5.15. The van der Waals surface area contributed by atoms with Crippen LogP contribution in [0.3, 0.4) is 0 Å². The fourth-order valence-corrected chi connectivity index (χ4v) is 1.90. The van der Waals surface area contributed by atoms with Crippen molar-refractivity contribution in [1.82, 2.24) is 9.80 Å². The van der Waals surface area contributed by atoms with Gasteiger partial charge in [-0.05, 0) is 26.9 Å². The van der Waals surface area contributed by atoms with E-state index in [4.69, 9.17) is 11.6 Å². The lowest BCUT2D eigenvalue weighted by molar-refractivity contribution is -0.130. The van der Waals surface area contributed by atoms with Gasteiger partial charge in [-0.2, -0.15) is 0 Å². The highest BCUT2D eigenvalue weighted by atomic mass is 35.5. The van der Waals surface area contributed by atoms with Crippen LogP contribution in [0.4, 0.5) is 0 Å². The zero-order chi connectivity index (χ0) is 10.6. The number of rotatable bonds is 4. The van der Waals surface area contributed by atoms with Crippen molar-refractivity contribution in [3.63, 3.8) is 0 Å². The Kier molecular flexibility index (Phi) is 4.69. The first-order chi connectivity index (χ1) is 6.65. The van der Waals surface area contributed by atoms with Crippen LogP contribution in [-0.4, -0.2) is 54.8 Å². The molecule has 1 aliphatic rings. The van der Waals surface area contributed by atoms with Gasteiger partial charge < -0.3 is 9.80 Å². The first kappa shape index (κ1) is 11.8. The third-order valence-corrected chi connectivity index (χ3v) is 3.04. The SMILES string of the molecule is CN(C)C1CCN(C(=O)CCCCl)C1. The standard InChI is InChI=1S/C10H19ClN2O/c1-12(2)9-5-7-13(8-9)10(14)4-3-6-11/h9H,3-8H2,1-2H3. The average molecular weight is 219 g/mol. The molecule has 82 valence electrons. The Balaban J connectivity index is 2.30. The molecule has 0 aromatic carbocycles. The number of nitrogens with zero attached hydrogens (tertiary/aromatic N) is 2. The summed E-state index contributed by atoms with van der Waals surface area (Å²) in [4.78, 5) is 15.8. The fourth-order valence-electron chi connectivity index (χ4n) is 1.77. The molecule has 1 aliphatic heterocycles. The molecule has 0 bridgehead atoms. The molecule has 1 rings (SSSR count). The maximum atomic E-state index is 11.6. The molecule has 0 aromatic heterocycles. The summed E-state index contributed by atoms with van der Waals surface area (Å²) < 4.78 is 0. The number of hydrogen-bond acceptors (Lipinski definition) is 2. The molecule has 0 aliphatic carbocycles. The van der Waals surface area contributed by atoms with Crippen LogP contribution in [0.5, 0.6) is 0 Å². The van der Waals surface area contributed by atoms with Crippen LogP contribution in [-0.2, 0) is 4.79 Å². The predicted octanol–water partition coefficient (Wildman–Crippen LogP) is 1.17. The van der Waals surface area contributed by atoms with E-state index in [0.717, 1.165) is 25.9 Å². The van der Waals surface area contributed by atoms with Crippen LogP contribution < -0.4 is 0 Å². The molecule has 1 heterocycles. The van der Waals surface area contributed by atoms with E-state index in [1.54, 1.807) is 0 Å². The number of hydrogen-bond donors (Lipinski definition) is 0. The molecule has 0 radical (unpaired) electrons. The number of likely N-dealkylation sites (tertiary alicyclic amines) is 1. The van der Waals surface area contributed by atoms with Crippen molar-refractivity contribution in [2.45, 2.75) is 25.3 Å². The van der Waals surface area contributed by atoms with Gasteiger partial charge in [0.25, 0.3) is 0 Å². The van der Waals surface area contributed by atoms with Crippen LogP contribution in [0.25, 0.3) is 0 Å². The van der Waals surface area contributed by atoms with Gasteiger partial charge in [0.15, 0.2) is 0 Å². The van der Waals surface area contributed by atoms with E-state index in [2.05, 4.69) is 19.0 Å². The summed E-state index contributed by atoms with van der Waals surface area (Å²) in [6, 6.07) is 0.537. The second-order valence-electron chi connectivity index (χ2n) is 4.04. The lowest BCUT2D eigenvalue weighted by atomic mass is 10.2. The van der Waals surface area contributed by atoms with Crippen LogP contribution >= 0.6 is 11.6 Å². The lowest BCUT2D eigenvalue weighted by Crippen LogP contribution is -2.34. The summed E-state index contributed by atoms with van der Waals surface area (Å²) in [6.45, 7) is 1.79. The Morgan fingerprint density at radius 1 is 1.57 bits per heavy atom. The number of carbonyl (C=O) groups is 1.